The Bertz CT molecular complexity index is 1010. The zero-order chi connectivity index (χ0) is 23.6. The molecule has 2 N–H and O–H groups in total. The van der Waals surface area contributed by atoms with Crippen molar-refractivity contribution in [3.63, 3.8) is 0 Å². The van der Waals surface area contributed by atoms with Gasteiger partial charge >= 0.3 is 0 Å². The van der Waals surface area contributed by atoms with Gasteiger partial charge in [-0.1, -0.05) is 38.4 Å². The molecule has 0 saturated carbocycles. The number of anilines is 1. The Morgan fingerprint density at radius 2 is 2.00 bits per heavy atom. The molecule has 1 heterocycles. The molecule has 1 aromatic carbocycles. The fraction of sp³-hybridized carbons (Fsp3) is 0.520. The summed E-state index contributed by atoms with van der Waals surface area (Å²) in [6.07, 6.45) is 2.81. The number of carbonyl (C=O) groups excluding carboxylic acids is 2. The van der Waals surface area contributed by atoms with Gasteiger partial charge in [-0.3, -0.25) is 9.59 Å². The van der Waals surface area contributed by atoms with Gasteiger partial charge in [0, 0.05) is 10.9 Å². The molecule has 2 amide bonds. The maximum atomic E-state index is 13.0. The van der Waals surface area contributed by atoms with Crippen molar-refractivity contribution in [2.75, 3.05) is 11.9 Å². The van der Waals surface area contributed by atoms with Crippen LogP contribution in [0, 0.1) is 18.3 Å². The number of aryl methyl sites for hydroxylation is 1. The summed E-state index contributed by atoms with van der Waals surface area (Å²) in [7, 11) is 0. The number of thiophene rings is 1. The van der Waals surface area contributed by atoms with E-state index >= 15 is 0 Å². The molecule has 5 nitrogen and oxygen atoms in total. The Kier molecular flexibility index (Phi) is 7.56. The SMILES string of the molecule is Cc1ccc(Cl)c(OCC(=O)Nc2sc3c(c2C(=O)NC(C)C)CCC(C(C)(C)C)C3)c1. The van der Waals surface area contributed by atoms with Gasteiger partial charge in [0.2, 0.25) is 0 Å². The van der Waals surface area contributed by atoms with Crippen LogP contribution in [0.25, 0.3) is 0 Å². The molecule has 1 aliphatic carbocycles. The van der Waals surface area contributed by atoms with Crippen molar-refractivity contribution in [1.82, 2.24) is 5.32 Å². The number of ether oxygens (including phenoxy) is 1. The third kappa shape index (κ3) is 5.84. The summed E-state index contributed by atoms with van der Waals surface area (Å²) >= 11 is 7.68. The number of amides is 2. The highest BCUT2D eigenvalue weighted by molar-refractivity contribution is 7.17. The van der Waals surface area contributed by atoms with E-state index in [9.17, 15) is 9.59 Å². The molecule has 1 aromatic heterocycles. The summed E-state index contributed by atoms with van der Waals surface area (Å²) in [6.45, 7) is 12.4. The van der Waals surface area contributed by atoms with Crippen molar-refractivity contribution in [2.24, 2.45) is 11.3 Å². The quantitative estimate of drug-likeness (QED) is 0.535. The molecule has 3 rings (SSSR count). The molecule has 1 unspecified atom stereocenters. The lowest BCUT2D eigenvalue weighted by molar-refractivity contribution is -0.118. The van der Waals surface area contributed by atoms with Gasteiger partial charge in [-0.25, -0.2) is 0 Å². The van der Waals surface area contributed by atoms with E-state index in [0.29, 0.717) is 27.3 Å². The minimum Gasteiger partial charge on any atom is -0.482 e. The van der Waals surface area contributed by atoms with Crippen molar-refractivity contribution in [3.8, 4) is 5.75 Å². The zero-order valence-corrected chi connectivity index (χ0v) is 21.3. The van der Waals surface area contributed by atoms with Gasteiger partial charge in [-0.15, -0.1) is 11.3 Å². The molecule has 32 heavy (non-hydrogen) atoms. The minimum atomic E-state index is -0.313. The van der Waals surface area contributed by atoms with Crippen LogP contribution in [0.1, 0.15) is 67.4 Å². The van der Waals surface area contributed by atoms with E-state index in [1.807, 2.05) is 26.8 Å². The van der Waals surface area contributed by atoms with Crippen LogP contribution in [-0.4, -0.2) is 24.5 Å². The molecule has 0 saturated heterocycles. The zero-order valence-electron chi connectivity index (χ0n) is 19.7. The molecular formula is C25H33ClN2O3S. The van der Waals surface area contributed by atoms with E-state index < -0.39 is 0 Å². The molecule has 0 aliphatic heterocycles. The monoisotopic (exact) mass is 476 g/mol. The molecule has 174 valence electrons. The van der Waals surface area contributed by atoms with E-state index in [1.165, 1.54) is 16.2 Å². The highest BCUT2D eigenvalue weighted by atomic mass is 35.5. The lowest BCUT2D eigenvalue weighted by Gasteiger charge is -2.33. The predicted octanol–water partition coefficient (Wildman–Crippen LogP) is 6.02. The summed E-state index contributed by atoms with van der Waals surface area (Å²) in [4.78, 5) is 26.9. The van der Waals surface area contributed by atoms with Crippen LogP contribution in [0.2, 0.25) is 5.02 Å². The van der Waals surface area contributed by atoms with Crippen LogP contribution in [0.15, 0.2) is 18.2 Å². The van der Waals surface area contributed by atoms with Crippen LogP contribution in [0.3, 0.4) is 0 Å². The molecule has 0 spiro atoms. The second-order valence-electron chi connectivity index (χ2n) is 9.91. The molecule has 1 aliphatic rings. The van der Waals surface area contributed by atoms with Crippen molar-refractivity contribution in [2.45, 2.75) is 66.8 Å². The highest BCUT2D eigenvalue weighted by Gasteiger charge is 2.34. The lowest BCUT2D eigenvalue weighted by Crippen LogP contribution is -2.32. The van der Waals surface area contributed by atoms with Crippen LogP contribution in [-0.2, 0) is 17.6 Å². The summed E-state index contributed by atoms with van der Waals surface area (Å²) < 4.78 is 5.64. The second-order valence-corrected chi connectivity index (χ2v) is 11.4. The van der Waals surface area contributed by atoms with Crippen molar-refractivity contribution < 1.29 is 14.3 Å². The Morgan fingerprint density at radius 3 is 2.66 bits per heavy atom. The van der Waals surface area contributed by atoms with E-state index in [2.05, 4.69) is 31.4 Å². The summed E-state index contributed by atoms with van der Waals surface area (Å²) in [5.74, 6) is 0.569. The number of carbonyl (C=O) groups is 2. The molecule has 0 fully saturated rings. The van der Waals surface area contributed by atoms with Crippen LogP contribution >= 0.6 is 22.9 Å². The molecule has 0 radical (unpaired) electrons. The number of halogens is 1. The van der Waals surface area contributed by atoms with Gasteiger partial charge in [-0.05, 0) is 74.6 Å². The number of benzene rings is 1. The topological polar surface area (TPSA) is 67.4 Å². The number of fused-ring (bicyclic) bond motifs is 1. The summed E-state index contributed by atoms with van der Waals surface area (Å²) in [6, 6.07) is 5.44. The standard InChI is InChI=1S/C25H33ClN2O3S/c1-14(2)27-23(30)22-17-9-8-16(25(4,5)6)12-20(17)32-24(22)28-21(29)13-31-19-11-15(3)7-10-18(19)26/h7,10-11,14,16H,8-9,12-13H2,1-6H3,(H,27,30)(H,28,29). The Balaban J connectivity index is 1.81. The third-order valence-corrected chi connectivity index (χ3v) is 7.32. The molecular weight excluding hydrogens is 444 g/mol. The maximum Gasteiger partial charge on any atom is 0.262 e. The average molecular weight is 477 g/mol. The van der Waals surface area contributed by atoms with Crippen molar-refractivity contribution >= 4 is 39.8 Å². The number of nitrogens with one attached hydrogen (secondary N) is 2. The fourth-order valence-corrected chi connectivity index (χ4v) is 5.53. The van der Waals surface area contributed by atoms with Crippen LogP contribution in [0.5, 0.6) is 5.75 Å². The number of hydrogen-bond acceptors (Lipinski definition) is 4. The fourth-order valence-electron chi connectivity index (χ4n) is 4.01. The van der Waals surface area contributed by atoms with Gasteiger partial charge in [0.05, 0.1) is 10.6 Å². The predicted molar refractivity (Wildman–Crippen MR) is 132 cm³/mol. The Morgan fingerprint density at radius 1 is 1.28 bits per heavy atom. The smallest absolute Gasteiger partial charge is 0.262 e. The normalized spacial score (nSPS) is 15.9. The van der Waals surface area contributed by atoms with Gasteiger partial charge in [0.1, 0.15) is 10.8 Å². The van der Waals surface area contributed by atoms with Gasteiger partial charge in [0.25, 0.3) is 11.8 Å². The first-order valence-corrected chi connectivity index (χ1v) is 12.3. The van der Waals surface area contributed by atoms with Crippen LogP contribution < -0.4 is 15.4 Å². The maximum absolute atomic E-state index is 13.0. The van der Waals surface area contributed by atoms with E-state index in [1.54, 1.807) is 12.1 Å². The Labute approximate surface area is 199 Å². The first-order chi connectivity index (χ1) is 15.0. The molecule has 1 atom stereocenters. The van der Waals surface area contributed by atoms with E-state index in [-0.39, 0.29) is 29.9 Å². The first kappa shape index (κ1) is 24.6. The van der Waals surface area contributed by atoms with Gasteiger partial charge < -0.3 is 15.4 Å². The minimum absolute atomic E-state index is 0.0133. The molecule has 7 heteroatoms. The molecule has 2 aromatic rings. The largest absolute Gasteiger partial charge is 0.482 e. The first-order valence-electron chi connectivity index (χ1n) is 11.1. The summed E-state index contributed by atoms with van der Waals surface area (Å²) in [5, 5.41) is 6.98. The second kappa shape index (κ2) is 9.84. The summed E-state index contributed by atoms with van der Waals surface area (Å²) in [5.41, 5.74) is 2.88. The van der Waals surface area contributed by atoms with Crippen molar-refractivity contribution in [3.05, 3.63) is 44.8 Å². The van der Waals surface area contributed by atoms with Crippen LogP contribution in [0.4, 0.5) is 5.00 Å². The highest BCUT2D eigenvalue weighted by Crippen LogP contribution is 2.44. The molecule has 0 bridgehead atoms. The average Bonchev–Trinajstić information content (AvgIpc) is 3.04. The number of hydrogen-bond donors (Lipinski definition) is 2. The van der Waals surface area contributed by atoms with E-state index in [0.717, 1.165) is 30.4 Å². The van der Waals surface area contributed by atoms with Crippen molar-refractivity contribution in [1.29, 1.82) is 0 Å². The van der Waals surface area contributed by atoms with E-state index in [4.69, 9.17) is 16.3 Å². The number of rotatable bonds is 6. The Hall–Kier alpha value is -2.05. The van der Waals surface area contributed by atoms with Gasteiger partial charge in [0.15, 0.2) is 6.61 Å². The third-order valence-electron chi connectivity index (χ3n) is 5.84. The van der Waals surface area contributed by atoms with Gasteiger partial charge in [-0.2, -0.15) is 0 Å². The lowest BCUT2D eigenvalue weighted by atomic mass is 9.72.